The maximum atomic E-state index is 13.8. The van der Waals surface area contributed by atoms with Gasteiger partial charge in [-0.25, -0.2) is 8.42 Å². The van der Waals surface area contributed by atoms with E-state index in [0.717, 1.165) is 9.87 Å². The van der Waals surface area contributed by atoms with Gasteiger partial charge in [-0.1, -0.05) is 49.7 Å². The molecule has 0 saturated carbocycles. The number of hydrogen-bond acceptors (Lipinski definition) is 5. The van der Waals surface area contributed by atoms with Crippen molar-refractivity contribution >= 4 is 33.2 Å². The van der Waals surface area contributed by atoms with E-state index >= 15 is 0 Å². The molecule has 0 aromatic heterocycles. The van der Waals surface area contributed by atoms with E-state index < -0.39 is 22.5 Å². The Hall–Kier alpha value is -3.23. The maximum Gasteiger partial charge on any atom is 0.264 e. The van der Waals surface area contributed by atoms with Gasteiger partial charge in [0.25, 0.3) is 10.0 Å². The van der Waals surface area contributed by atoms with Gasteiger partial charge >= 0.3 is 0 Å². The molecule has 7 nitrogen and oxygen atoms in total. The molecule has 0 spiro atoms. The van der Waals surface area contributed by atoms with Crippen molar-refractivity contribution in [3.8, 4) is 11.5 Å². The number of halogens is 1. The van der Waals surface area contributed by atoms with E-state index in [4.69, 9.17) is 21.1 Å². The number of para-hydroxylation sites is 2. The van der Waals surface area contributed by atoms with Crippen LogP contribution in [-0.2, 0) is 14.8 Å². The van der Waals surface area contributed by atoms with Gasteiger partial charge in [0.05, 0.1) is 30.3 Å². The zero-order valence-electron chi connectivity index (χ0n) is 21.5. The topological polar surface area (TPSA) is 84.9 Å². The number of carbonyl (C=O) groups is 1. The smallest absolute Gasteiger partial charge is 0.264 e. The van der Waals surface area contributed by atoms with Crippen molar-refractivity contribution in [1.82, 2.24) is 5.32 Å². The van der Waals surface area contributed by atoms with Gasteiger partial charge in [0.2, 0.25) is 5.91 Å². The molecule has 198 valence electrons. The van der Waals surface area contributed by atoms with E-state index in [9.17, 15) is 13.2 Å². The molecule has 0 unspecified atom stereocenters. The van der Waals surface area contributed by atoms with E-state index in [2.05, 4.69) is 19.2 Å². The quantitative estimate of drug-likeness (QED) is 0.309. The van der Waals surface area contributed by atoms with Gasteiger partial charge in [0.1, 0.15) is 18.0 Å². The average molecular weight is 545 g/mol. The number of benzene rings is 3. The van der Waals surface area contributed by atoms with E-state index in [0.29, 0.717) is 35.5 Å². The number of hydrogen-bond donors (Lipinski definition) is 1. The van der Waals surface area contributed by atoms with Crippen molar-refractivity contribution in [1.29, 1.82) is 0 Å². The lowest BCUT2D eigenvalue weighted by Crippen LogP contribution is -2.42. The van der Waals surface area contributed by atoms with Crippen molar-refractivity contribution < 1.29 is 22.7 Å². The van der Waals surface area contributed by atoms with Crippen LogP contribution in [0.25, 0.3) is 0 Å². The number of methoxy groups -OCH3 is 1. The predicted octanol–water partition coefficient (Wildman–Crippen LogP) is 5.85. The van der Waals surface area contributed by atoms with Crippen LogP contribution in [0, 0.1) is 5.92 Å². The Morgan fingerprint density at radius 3 is 2.24 bits per heavy atom. The predicted molar refractivity (Wildman–Crippen MR) is 147 cm³/mol. The standard InChI is InChI=1S/C28H33ClN2O5S/c1-5-36-27-9-7-6-8-26(27)31(37(33,34)24-16-12-22(29)13-17-24)19-28(32)30-25(18-20(2)3)21-10-14-23(35-4)15-11-21/h6-17,20,25H,5,18-19H2,1-4H3,(H,30,32)/t25-/m1/s1. The third-order valence-corrected chi connectivity index (χ3v) is 7.71. The highest BCUT2D eigenvalue weighted by Crippen LogP contribution is 2.33. The van der Waals surface area contributed by atoms with Crippen LogP contribution < -0.4 is 19.1 Å². The minimum Gasteiger partial charge on any atom is -0.497 e. The SMILES string of the molecule is CCOc1ccccc1N(CC(=O)N[C@H](CC(C)C)c1ccc(OC)cc1)S(=O)(=O)c1ccc(Cl)cc1. The number of ether oxygens (including phenoxy) is 2. The van der Waals surface area contributed by atoms with Crippen molar-refractivity contribution in [3.63, 3.8) is 0 Å². The second kappa shape index (κ2) is 12.8. The van der Waals surface area contributed by atoms with Gasteiger partial charge in [-0.15, -0.1) is 0 Å². The minimum absolute atomic E-state index is 0.0184. The summed E-state index contributed by atoms with van der Waals surface area (Å²) in [6, 6.07) is 19.8. The summed E-state index contributed by atoms with van der Waals surface area (Å²) in [6.07, 6.45) is 0.678. The highest BCUT2D eigenvalue weighted by atomic mass is 35.5. The van der Waals surface area contributed by atoms with Crippen LogP contribution in [0.3, 0.4) is 0 Å². The summed E-state index contributed by atoms with van der Waals surface area (Å²) in [4.78, 5) is 13.4. The Morgan fingerprint density at radius 2 is 1.65 bits per heavy atom. The molecule has 0 aliphatic carbocycles. The first kappa shape index (κ1) is 28.3. The molecule has 0 radical (unpaired) electrons. The molecule has 3 aromatic carbocycles. The van der Waals surface area contributed by atoms with Crippen molar-refractivity contribution in [2.24, 2.45) is 5.92 Å². The fourth-order valence-corrected chi connectivity index (χ4v) is 5.49. The molecule has 1 amide bonds. The lowest BCUT2D eigenvalue weighted by Gasteiger charge is -2.27. The van der Waals surface area contributed by atoms with Crippen LogP contribution in [0.1, 0.15) is 38.8 Å². The molecular formula is C28H33ClN2O5S. The summed E-state index contributed by atoms with van der Waals surface area (Å²) in [6.45, 7) is 5.86. The van der Waals surface area contributed by atoms with Crippen LogP contribution in [0.2, 0.25) is 5.02 Å². The third kappa shape index (κ3) is 7.40. The second-order valence-electron chi connectivity index (χ2n) is 8.89. The summed E-state index contributed by atoms with van der Waals surface area (Å²) in [5.74, 6) is 0.931. The van der Waals surface area contributed by atoms with Crippen LogP contribution in [0.5, 0.6) is 11.5 Å². The number of sulfonamides is 1. The van der Waals surface area contributed by atoms with Gasteiger partial charge in [-0.3, -0.25) is 9.10 Å². The van der Waals surface area contributed by atoms with Gasteiger partial charge < -0.3 is 14.8 Å². The summed E-state index contributed by atoms with van der Waals surface area (Å²) in [5, 5.41) is 3.45. The number of carbonyl (C=O) groups excluding carboxylic acids is 1. The molecule has 0 saturated heterocycles. The first-order valence-electron chi connectivity index (χ1n) is 12.1. The van der Waals surface area contributed by atoms with E-state index in [1.807, 2.05) is 31.2 Å². The third-order valence-electron chi connectivity index (χ3n) is 5.68. The first-order valence-corrected chi connectivity index (χ1v) is 13.9. The summed E-state index contributed by atoms with van der Waals surface area (Å²) in [5.41, 5.74) is 1.18. The monoisotopic (exact) mass is 544 g/mol. The molecule has 9 heteroatoms. The number of nitrogens with zero attached hydrogens (tertiary/aromatic N) is 1. The van der Waals surface area contributed by atoms with Crippen LogP contribution >= 0.6 is 11.6 Å². The van der Waals surface area contributed by atoms with Gasteiger partial charge in [0.15, 0.2) is 0 Å². The highest BCUT2D eigenvalue weighted by Gasteiger charge is 2.30. The van der Waals surface area contributed by atoms with Crippen molar-refractivity contribution in [2.75, 3.05) is 24.6 Å². The van der Waals surface area contributed by atoms with E-state index in [-0.39, 0.29) is 16.6 Å². The lowest BCUT2D eigenvalue weighted by atomic mass is 9.97. The molecule has 0 fully saturated rings. The Balaban J connectivity index is 1.97. The number of nitrogens with one attached hydrogen (secondary N) is 1. The van der Waals surface area contributed by atoms with E-state index in [1.54, 1.807) is 31.4 Å². The molecule has 0 heterocycles. The highest BCUT2D eigenvalue weighted by molar-refractivity contribution is 7.92. The summed E-state index contributed by atoms with van der Waals surface area (Å²) < 4.78 is 39.6. The zero-order valence-corrected chi connectivity index (χ0v) is 23.1. The molecule has 0 aliphatic rings. The molecule has 3 rings (SSSR count). The fourth-order valence-electron chi connectivity index (χ4n) is 3.93. The normalized spacial score (nSPS) is 12.2. The van der Waals surface area contributed by atoms with E-state index in [1.165, 1.54) is 24.3 Å². The molecule has 1 atom stereocenters. The Kier molecular flexibility index (Phi) is 9.83. The number of rotatable bonds is 12. The Labute approximate surface area is 224 Å². The Bertz CT molecular complexity index is 1280. The molecule has 0 bridgehead atoms. The van der Waals surface area contributed by atoms with Gasteiger partial charge in [0, 0.05) is 5.02 Å². The largest absolute Gasteiger partial charge is 0.497 e. The van der Waals surface area contributed by atoms with Crippen LogP contribution in [0.15, 0.2) is 77.7 Å². The summed E-state index contributed by atoms with van der Waals surface area (Å²) in [7, 11) is -2.53. The van der Waals surface area contributed by atoms with Crippen LogP contribution in [-0.4, -0.2) is 34.6 Å². The van der Waals surface area contributed by atoms with Gasteiger partial charge in [-0.05, 0) is 73.4 Å². The fraction of sp³-hybridized carbons (Fsp3) is 0.321. The second-order valence-corrected chi connectivity index (χ2v) is 11.2. The summed E-state index contributed by atoms with van der Waals surface area (Å²) >= 11 is 5.98. The molecule has 37 heavy (non-hydrogen) atoms. The van der Waals surface area contributed by atoms with Gasteiger partial charge in [-0.2, -0.15) is 0 Å². The molecule has 1 N–H and O–H groups in total. The van der Waals surface area contributed by atoms with Crippen LogP contribution in [0.4, 0.5) is 5.69 Å². The lowest BCUT2D eigenvalue weighted by molar-refractivity contribution is -0.120. The molecule has 0 aliphatic heterocycles. The Morgan fingerprint density at radius 1 is 1.00 bits per heavy atom. The molecular weight excluding hydrogens is 512 g/mol. The zero-order chi connectivity index (χ0) is 27.0. The first-order chi connectivity index (χ1) is 17.6. The maximum absolute atomic E-state index is 13.8. The number of amides is 1. The van der Waals surface area contributed by atoms with Crippen molar-refractivity contribution in [3.05, 3.63) is 83.4 Å². The molecule has 3 aromatic rings. The minimum atomic E-state index is -4.12. The average Bonchev–Trinajstić information content (AvgIpc) is 2.87. The number of anilines is 1. The van der Waals surface area contributed by atoms with Crippen molar-refractivity contribution in [2.45, 2.75) is 38.1 Å².